The highest BCUT2D eigenvalue weighted by Crippen LogP contribution is 2.21. The van der Waals surface area contributed by atoms with Gasteiger partial charge in [0.2, 0.25) is 0 Å². The largest absolute Gasteiger partial charge is 0.456 e. The van der Waals surface area contributed by atoms with E-state index in [0.717, 1.165) is 43.8 Å². The molecule has 0 unspecified atom stereocenters. The van der Waals surface area contributed by atoms with E-state index in [4.69, 9.17) is 4.42 Å². The van der Waals surface area contributed by atoms with E-state index >= 15 is 0 Å². The van der Waals surface area contributed by atoms with Crippen LogP contribution < -0.4 is 5.32 Å². The summed E-state index contributed by atoms with van der Waals surface area (Å²) in [6, 6.07) is 1.92. The fourth-order valence-corrected chi connectivity index (χ4v) is 2.63. The van der Waals surface area contributed by atoms with Gasteiger partial charge in [0.1, 0.15) is 5.76 Å². The molecule has 18 heavy (non-hydrogen) atoms. The molecule has 1 amide bonds. The zero-order chi connectivity index (χ0) is 13.1. The lowest BCUT2D eigenvalue weighted by molar-refractivity contribution is 0.0656. The summed E-state index contributed by atoms with van der Waals surface area (Å²) in [6.45, 7) is 6.52. The van der Waals surface area contributed by atoms with Gasteiger partial charge in [0, 0.05) is 18.7 Å². The van der Waals surface area contributed by atoms with Crippen LogP contribution in [0.5, 0.6) is 0 Å². The maximum absolute atomic E-state index is 12.3. The van der Waals surface area contributed by atoms with Gasteiger partial charge in [-0.15, -0.1) is 0 Å². The van der Waals surface area contributed by atoms with Crippen LogP contribution >= 0.6 is 0 Å². The maximum atomic E-state index is 12.3. The first-order chi connectivity index (χ1) is 8.61. The molecule has 1 fully saturated rings. The van der Waals surface area contributed by atoms with Crippen LogP contribution in [0.1, 0.15) is 34.7 Å². The number of nitrogens with zero attached hydrogens (tertiary/aromatic N) is 1. The van der Waals surface area contributed by atoms with E-state index in [1.165, 1.54) is 0 Å². The van der Waals surface area contributed by atoms with Gasteiger partial charge in [0.05, 0.1) is 0 Å². The summed E-state index contributed by atoms with van der Waals surface area (Å²) >= 11 is 0. The van der Waals surface area contributed by atoms with Crippen LogP contribution in [0, 0.1) is 19.8 Å². The molecule has 0 aromatic carbocycles. The number of carbonyl (C=O) groups excluding carboxylic acids is 1. The number of amides is 1. The van der Waals surface area contributed by atoms with Gasteiger partial charge in [-0.05, 0) is 52.3 Å². The first-order valence-corrected chi connectivity index (χ1v) is 6.62. The van der Waals surface area contributed by atoms with E-state index in [9.17, 15) is 4.79 Å². The zero-order valence-corrected chi connectivity index (χ0v) is 11.5. The van der Waals surface area contributed by atoms with Gasteiger partial charge in [0.25, 0.3) is 5.91 Å². The summed E-state index contributed by atoms with van der Waals surface area (Å²) in [4.78, 5) is 14.2. The smallest absolute Gasteiger partial charge is 0.289 e. The molecule has 0 bridgehead atoms. The summed E-state index contributed by atoms with van der Waals surface area (Å²) in [7, 11) is 1.98. The number of hydrogen-bond donors (Lipinski definition) is 1. The second-order valence-corrected chi connectivity index (χ2v) is 5.16. The van der Waals surface area contributed by atoms with Gasteiger partial charge in [-0.25, -0.2) is 0 Å². The molecular formula is C14H22N2O2. The fourth-order valence-electron chi connectivity index (χ4n) is 2.63. The van der Waals surface area contributed by atoms with Gasteiger partial charge in [-0.3, -0.25) is 4.79 Å². The van der Waals surface area contributed by atoms with Gasteiger partial charge in [0.15, 0.2) is 5.76 Å². The number of hydrogen-bond acceptors (Lipinski definition) is 3. The Bertz CT molecular complexity index is 417. The number of furan rings is 1. The molecule has 4 nitrogen and oxygen atoms in total. The number of likely N-dealkylation sites (tertiary alicyclic amines) is 1. The summed E-state index contributed by atoms with van der Waals surface area (Å²) in [5.74, 6) is 2.06. The minimum absolute atomic E-state index is 0.0449. The Morgan fingerprint density at radius 1 is 1.44 bits per heavy atom. The molecule has 1 saturated heterocycles. The van der Waals surface area contributed by atoms with Crippen LogP contribution in [-0.4, -0.2) is 37.5 Å². The predicted octanol–water partition coefficient (Wildman–Crippen LogP) is 1.97. The Morgan fingerprint density at radius 2 is 2.11 bits per heavy atom. The van der Waals surface area contributed by atoms with Crippen molar-refractivity contribution in [2.24, 2.45) is 5.92 Å². The topological polar surface area (TPSA) is 45.5 Å². The predicted molar refractivity (Wildman–Crippen MR) is 70.7 cm³/mol. The molecule has 0 aliphatic carbocycles. The molecule has 1 aromatic rings. The summed E-state index contributed by atoms with van der Waals surface area (Å²) < 4.78 is 5.50. The molecule has 1 aromatic heterocycles. The van der Waals surface area contributed by atoms with Crippen LogP contribution in [0.3, 0.4) is 0 Å². The number of nitrogens with one attached hydrogen (secondary N) is 1. The number of rotatable bonds is 3. The highest BCUT2D eigenvalue weighted by molar-refractivity contribution is 5.93. The maximum Gasteiger partial charge on any atom is 0.289 e. The van der Waals surface area contributed by atoms with Crippen molar-refractivity contribution in [1.29, 1.82) is 0 Å². The Balaban J connectivity index is 1.97. The van der Waals surface area contributed by atoms with Crippen molar-refractivity contribution < 1.29 is 9.21 Å². The monoisotopic (exact) mass is 250 g/mol. The van der Waals surface area contributed by atoms with Gasteiger partial charge in [-0.2, -0.15) is 0 Å². The fraction of sp³-hybridized carbons (Fsp3) is 0.643. The van der Waals surface area contributed by atoms with Crippen LogP contribution in [-0.2, 0) is 0 Å². The van der Waals surface area contributed by atoms with Gasteiger partial charge >= 0.3 is 0 Å². The third-order valence-electron chi connectivity index (χ3n) is 3.63. The van der Waals surface area contributed by atoms with Crippen molar-refractivity contribution in [2.75, 3.05) is 26.7 Å². The van der Waals surface area contributed by atoms with E-state index < -0.39 is 0 Å². The molecule has 1 aliphatic rings. The third kappa shape index (κ3) is 2.75. The summed E-state index contributed by atoms with van der Waals surface area (Å²) in [5, 5.41) is 3.20. The van der Waals surface area contributed by atoms with Crippen LogP contribution in [0.15, 0.2) is 10.5 Å². The lowest BCUT2D eigenvalue weighted by atomic mass is 9.96. The molecule has 1 aliphatic heterocycles. The number of aryl methyl sites for hydroxylation is 2. The van der Waals surface area contributed by atoms with E-state index in [2.05, 4.69) is 5.32 Å². The first-order valence-electron chi connectivity index (χ1n) is 6.62. The lowest BCUT2D eigenvalue weighted by Crippen LogP contribution is -2.40. The Labute approximate surface area is 108 Å². The van der Waals surface area contributed by atoms with Gasteiger partial charge in [-0.1, -0.05) is 0 Å². The molecule has 4 heteroatoms. The van der Waals surface area contributed by atoms with Crippen molar-refractivity contribution >= 4 is 5.91 Å². The molecule has 0 saturated carbocycles. The van der Waals surface area contributed by atoms with E-state index in [-0.39, 0.29) is 5.91 Å². The molecule has 2 heterocycles. The molecule has 0 spiro atoms. The molecule has 1 N–H and O–H groups in total. The van der Waals surface area contributed by atoms with E-state index in [1.54, 1.807) is 0 Å². The molecule has 2 rings (SSSR count). The van der Waals surface area contributed by atoms with Crippen LogP contribution in [0.2, 0.25) is 0 Å². The van der Waals surface area contributed by atoms with Crippen molar-refractivity contribution in [2.45, 2.75) is 26.7 Å². The standard InChI is InChI=1S/C14H22N2O2/c1-10-8-11(2)18-13(10)14(17)16-6-4-12(5-7-16)9-15-3/h8,12,15H,4-7,9H2,1-3H3. The number of piperidine rings is 1. The van der Waals surface area contributed by atoms with E-state index in [0.29, 0.717) is 11.7 Å². The Morgan fingerprint density at radius 3 is 2.61 bits per heavy atom. The lowest BCUT2D eigenvalue weighted by Gasteiger charge is -2.31. The second kappa shape index (κ2) is 5.57. The summed E-state index contributed by atoms with van der Waals surface area (Å²) in [5.41, 5.74) is 0.940. The van der Waals surface area contributed by atoms with Crippen molar-refractivity contribution in [3.05, 3.63) is 23.2 Å². The minimum Gasteiger partial charge on any atom is -0.456 e. The van der Waals surface area contributed by atoms with Crippen LogP contribution in [0.4, 0.5) is 0 Å². The molecule has 0 atom stereocenters. The highest BCUT2D eigenvalue weighted by atomic mass is 16.4. The quantitative estimate of drug-likeness (QED) is 0.892. The van der Waals surface area contributed by atoms with E-state index in [1.807, 2.05) is 31.9 Å². The van der Waals surface area contributed by atoms with Crippen molar-refractivity contribution in [3.8, 4) is 0 Å². The van der Waals surface area contributed by atoms with Gasteiger partial charge < -0.3 is 14.6 Å². The number of carbonyl (C=O) groups is 1. The Kier molecular flexibility index (Phi) is 4.07. The van der Waals surface area contributed by atoms with Crippen molar-refractivity contribution in [1.82, 2.24) is 10.2 Å². The Hall–Kier alpha value is -1.29. The molecule has 100 valence electrons. The highest BCUT2D eigenvalue weighted by Gasteiger charge is 2.26. The molecular weight excluding hydrogens is 228 g/mol. The molecule has 0 radical (unpaired) electrons. The third-order valence-corrected chi connectivity index (χ3v) is 3.63. The SMILES string of the molecule is CNCC1CCN(C(=O)c2oc(C)cc2C)CC1. The first kappa shape index (κ1) is 13.1. The average molecular weight is 250 g/mol. The summed E-state index contributed by atoms with van der Waals surface area (Å²) in [6.07, 6.45) is 2.15. The zero-order valence-electron chi connectivity index (χ0n) is 11.5. The normalized spacial score (nSPS) is 17.2. The second-order valence-electron chi connectivity index (χ2n) is 5.16. The van der Waals surface area contributed by atoms with Crippen LogP contribution in [0.25, 0.3) is 0 Å². The average Bonchev–Trinajstić information content (AvgIpc) is 2.69. The van der Waals surface area contributed by atoms with Crippen molar-refractivity contribution in [3.63, 3.8) is 0 Å². The minimum atomic E-state index is 0.0449.